The number of hydrogen-bond donors (Lipinski definition) is 0. The maximum Gasteiger partial charge on any atom is 0.313 e. The van der Waals surface area contributed by atoms with Crippen molar-refractivity contribution >= 4 is 15.9 Å². The summed E-state index contributed by atoms with van der Waals surface area (Å²) in [5.74, 6) is -0.509. The largest absolute Gasteiger partial charge is 0.438 e. The number of hydroxylamine groups is 2. The van der Waals surface area contributed by atoms with Gasteiger partial charge in [0.15, 0.2) is 5.76 Å². The van der Waals surface area contributed by atoms with Crippen LogP contribution in [0.15, 0.2) is 21.6 Å². The Morgan fingerprint density at radius 3 is 2.67 bits per heavy atom. The number of carbonyl (C=O) groups excluding carboxylic acids is 1. The van der Waals surface area contributed by atoms with Crippen LogP contribution < -0.4 is 0 Å². The topological polar surface area (TPSA) is 80.1 Å². The van der Waals surface area contributed by atoms with Crippen molar-refractivity contribution in [1.29, 1.82) is 0 Å². The van der Waals surface area contributed by atoms with Gasteiger partial charge in [0.05, 0.1) is 13.2 Å². The lowest BCUT2D eigenvalue weighted by Gasteiger charge is -2.11. The van der Waals surface area contributed by atoms with Gasteiger partial charge in [-0.15, -0.1) is 0 Å². The number of furan rings is 1. The number of sulfonamides is 1. The molecular weight excluding hydrogens is 260 g/mol. The summed E-state index contributed by atoms with van der Waals surface area (Å²) in [4.78, 5) is 16.9. The Bertz CT molecular complexity index is 542. The van der Waals surface area contributed by atoms with Gasteiger partial charge in [-0.05, 0) is 18.6 Å². The van der Waals surface area contributed by atoms with Gasteiger partial charge in [-0.1, -0.05) is 0 Å². The molecule has 1 aliphatic heterocycles. The summed E-state index contributed by atoms with van der Waals surface area (Å²) >= 11 is 0. The van der Waals surface area contributed by atoms with E-state index in [2.05, 4.69) is 0 Å². The van der Waals surface area contributed by atoms with Gasteiger partial charge in [-0.3, -0.25) is 9.63 Å². The zero-order valence-electron chi connectivity index (χ0n) is 10.1. The Morgan fingerprint density at radius 2 is 2.11 bits per heavy atom. The number of nitrogens with zero attached hydrogens (tertiary/aromatic N) is 2. The first-order chi connectivity index (χ1) is 8.43. The van der Waals surface area contributed by atoms with Crippen LogP contribution in [0.1, 0.15) is 17.0 Å². The lowest BCUT2D eigenvalue weighted by Crippen LogP contribution is -2.26. The molecule has 1 fully saturated rings. The maximum absolute atomic E-state index is 11.9. The summed E-state index contributed by atoms with van der Waals surface area (Å²) in [5.41, 5.74) is 0. The first-order valence-corrected chi connectivity index (χ1v) is 6.84. The van der Waals surface area contributed by atoms with Crippen LogP contribution in [0.4, 0.5) is 0 Å². The van der Waals surface area contributed by atoms with Crippen molar-refractivity contribution in [2.75, 3.05) is 27.2 Å². The highest BCUT2D eigenvalue weighted by Gasteiger charge is 2.27. The first-order valence-electron chi connectivity index (χ1n) is 5.40. The molecule has 0 atom stereocenters. The van der Waals surface area contributed by atoms with E-state index in [1.54, 1.807) is 0 Å². The molecule has 1 amide bonds. The summed E-state index contributed by atoms with van der Waals surface area (Å²) in [6.07, 6.45) is 0.759. The summed E-state index contributed by atoms with van der Waals surface area (Å²) in [5, 5.41) is 0.917. The SMILES string of the molecule is CN(C)S(=O)(=O)c1ccc(C(=O)N2CCCO2)o1. The van der Waals surface area contributed by atoms with Crippen molar-refractivity contribution < 1.29 is 22.5 Å². The van der Waals surface area contributed by atoms with E-state index in [0.717, 1.165) is 10.7 Å². The average Bonchev–Trinajstić information content (AvgIpc) is 2.99. The Kier molecular flexibility index (Phi) is 3.42. The summed E-state index contributed by atoms with van der Waals surface area (Å²) in [6.45, 7) is 0.963. The Labute approximate surface area is 105 Å². The van der Waals surface area contributed by atoms with E-state index in [1.165, 1.54) is 31.3 Å². The molecule has 18 heavy (non-hydrogen) atoms. The molecule has 0 spiro atoms. The third-order valence-corrected chi connectivity index (χ3v) is 4.20. The molecule has 0 bridgehead atoms. The molecule has 0 aromatic carbocycles. The third-order valence-electron chi connectivity index (χ3n) is 2.51. The molecule has 8 heteroatoms. The van der Waals surface area contributed by atoms with Crippen molar-refractivity contribution in [3.05, 3.63) is 17.9 Å². The molecule has 100 valence electrons. The molecule has 2 rings (SSSR count). The fourth-order valence-corrected chi connectivity index (χ4v) is 2.28. The van der Waals surface area contributed by atoms with Crippen molar-refractivity contribution in [2.24, 2.45) is 0 Å². The second-order valence-corrected chi connectivity index (χ2v) is 6.08. The summed E-state index contributed by atoms with van der Waals surface area (Å²) < 4.78 is 29.6. The van der Waals surface area contributed by atoms with E-state index < -0.39 is 15.9 Å². The predicted octanol–water partition coefficient (Wildman–Crippen LogP) is 0.307. The van der Waals surface area contributed by atoms with Gasteiger partial charge in [0.2, 0.25) is 5.09 Å². The molecule has 1 aromatic rings. The molecule has 2 heterocycles. The van der Waals surface area contributed by atoms with Crippen LogP contribution in [0, 0.1) is 0 Å². The van der Waals surface area contributed by atoms with Crippen LogP contribution in [0.25, 0.3) is 0 Å². The molecule has 1 aromatic heterocycles. The quantitative estimate of drug-likeness (QED) is 0.792. The standard InChI is InChI=1S/C10H14N2O5S/c1-11(2)18(14,15)9-5-4-8(17-9)10(13)12-6-3-7-16-12/h4-5H,3,6-7H2,1-2H3. The number of hydrogen-bond acceptors (Lipinski definition) is 5. The van der Waals surface area contributed by atoms with Gasteiger partial charge in [-0.25, -0.2) is 17.8 Å². The van der Waals surface area contributed by atoms with E-state index in [0.29, 0.717) is 13.2 Å². The minimum absolute atomic E-state index is 0.0441. The second-order valence-electron chi connectivity index (χ2n) is 4.00. The monoisotopic (exact) mass is 274 g/mol. The Morgan fingerprint density at radius 1 is 1.39 bits per heavy atom. The van der Waals surface area contributed by atoms with Crippen molar-refractivity contribution in [3.8, 4) is 0 Å². The number of rotatable bonds is 3. The third kappa shape index (κ3) is 2.26. The number of amides is 1. The molecule has 0 radical (unpaired) electrons. The van der Waals surface area contributed by atoms with Gasteiger partial charge in [-0.2, -0.15) is 0 Å². The Balaban J connectivity index is 2.23. The molecule has 0 saturated carbocycles. The van der Waals surface area contributed by atoms with Crippen molar-refractivity contribution in [3.63, 3.8) is 0 Å². The van der Waals surface area contributed by atoms with Gasteiger partial charge in [0.25, 0.3) is 10.0 Å². The van der Waals surface area contributed by atoms with E-state index in [1.807, 2.05) is 0 Å². The summed E-state index contributed by atoms with van der Waals surface area (Å²) in [7, 11) is -0.874. The van der Waals surface area contributed by atoms with E-state index in [-0.39, 0.29) is 10.9 Å². The highest BCUT2D eigenvalue weighted by atomic mass is 32.2. The highest BCUT2D eigenvalue weighted by molar-refractivity contribution is 7.88. The van der Waals surface area contributed by atoms with Crippen LogP contribution in [0.2, 0.25) is 0 Å². The van der Waals surface area contributed by atoms with Gasteiger partial charge >= 0.3 is 5.91 Å². The van der Waals surface area contributed by atoms with Crippen molar-refractivity contribution in [1.82, 2.24) is 9.37 Å². The van der Waals surface area contributed by atoms with E-state index >= 15 is 0 Å². The maximum atomic E-state index is 11.9. The predicted molar refractivity (Wildman–Crippen MR) is 61.2 cm³/mol. The first kappa shape index (κ1) is 13.1. The van der Waals surface area contributed by atoms with Crippen LogP contribution in [0.5, 0.6) is 0 Å². The lowest BCUT2D eigenvalue weighted by atomic mass is 10.4. The molecule has 0 unspecified atom stereocenters. The van der Waals surface area contributed by atoms with Crippen LogP contribution in [-0.4, -0.2) is 50.9 Å². The molecule has 0 N–H and O–H groups in total. The molecule has 0 aliphatic carbocycles. The van der Waals surface area contributed by atoms with Crippen molar-refractivity contribution in [2.45, 2.75) is 11.5 Å². The minimum Gasteiger partial charge on any atom is -0.438 e. The van der Waals surface area contributed by atoms with Gasteiger partial charge in [0, 0.05) is 14.1 Å². The highest BCUT2D eigenvalue weighted by Crippen LogP contribution is 2.19. The van der Waals surface area contributed by atoms with Gasteiger partial charge < -0.3 is 4.42 Å². The zero-order chi connectivity index (χ0) is 13.3. The zero-order valence-corrected chi connectivity index (χ0v) is 10.9. The van der Waals surface area contributed by atoms with E-state index in [9.17, 15) is 13.2 Å². The molecule has 7 nitrogen and oxygen atoms in total. The average molecular weight is 274 g/mol. The molecule has 1 saturated heterocycles. The molecular formula is C10H14N2O5S. The fraction of sp³-hybridized carbons (Fsp3) is 0.500. The fourth-order valence-electron chi connectivity index (χ4n) is 1.48. The van der Waals surface area contributed by atoms with Crippen LogP contribution >= 0.6 is 0 Å². The second kappa shape index (κ2) is 4.71. The lowest BCUT2D eigenvalue weighted by molar-refractivity contribution is -0.0786. The minimum atomic E-state index is -3.66. The van der Waals surface area contributed by atoms with Gasteiger partial charge in [0.1, 0.15) is 0 Å². The van der Waals surface area contributed by atoms with E-state index in [4.69, 9.17) is 9.25 Å². The normalized spacial score (nSPS) is 16.5. The Hall–Kier alpha value is -1.38. The molecule has 1 aliphatic rings. The van der Waals surface area contributed by atoms with Crippen LogP contribution in [0.3, 0.4) is 0 Å². The summed E-state index contributed by atoms with van der Waals surface area (Å²) in [6, 6.07) is 2.60. The smallest absolute Gasteiger partial charge is 0.313 e. The van der Waals surface area contributed by atoms with Crippen LogP contribution in [-0.2, 0) is 14.9 Å². The number of carbonyl (C=O) groups is 1.